The van der Waals surface area contributed by atoms with Crippen LogP contribution in [0.2, 0.25) is 0 Å². The Morgan fingerprint density at radius 3 is 2.33 bits per heavy atom. The summed E-state index contributed by atoms with van der Waals surface area (Å²) in [7, 11) is 0. The van der Waals surface area contributed by atoms with Crippen LogP contribution in [0.3, 0.4) is 0 Å². The second-order valence-corrected chi connectivity index (χ2v) is 7.35. The Hall–Kier alpha value is -2.15. The molecule has 1 saturated carbocycles. The zero-order valence-electron chi connectivity index (χ0n) is 14.7. The van der Waals surface area contributed by atoms with E-state index in [4.69, 9.17) is 4.98 Å². The standard InChI is InChI=1S/C23H25N/c1-16-12-17(2)14-21(13-16)23-22-15-20(18-6-4-3-5-7-18)9-8-19(22)10-11-24-23/h8-15,18H,3-7H2,1-2H3. The molecule has 0 spiro atoms. The fourth-order valence-electron chi connectivity index (χ4n) is 4.22. The Kier molecular flexibility index (Phi) is 4.10. The molecule has 1 heteroatoms. The van der Waals surface area contributed by atoms with Crippen molar-refractivity contribution in [1.82, 2.24) is 4.98 Å². The van der Waals surface area contributed by atoms with Crippen LogP contribution in [0, 0.1) is 13.8 Å². The number of aromatic nitrogens is 1. The second-order valence-electron chi connectivity index (χ2n) is 7.35. The van der Waals surface area contributed by atoms with E-state index in [9.17, 15) is 0 Å². The van der Waals surface area contributed by atoms with Crippen LogP contribution in [0.5, 0.6) is 0 Å². The number of nitrogens with zero attached hydrogens (tertiary/aromatic N) is 1. The molecule has 1 heterocycles. The molecule has 0 saturated heterocycles. The number of pyridine rings is 1. The van der Waals surface area contributed by atoms with E-state index in [1.807, 2.05) is 6.20 Å². The Labute approximate surface area is 144 Å². The quantitative estimate of drug-likeness (QED) is 0.521. The van der Waals surface area contributed by atoms with Crippen LogP contribution in [0.4, 0.5) is 0 Å². The number of hydrogen-bond donors (Lipinski definition) is 0. The van der Waals surface area contributed by atoms with Gasteiger partial charge in [0.25, 0.3) is 0 Å². The van der Waals surface area contributed by atoms with Gasteiger partial charge >= 0.3 is 0 Å². The molecule has 0 N–H and O–H groups in total. The van der Waals surface area contributed by atoms with Crippen molar-refractivity contribution in [2.24, 2.45) is 0 Å². The summed E-state index contributed by atoms with van der Waals surface area (Å²) in [4.78, 5) is 4.75. The second kappa shape index (κ2) is 6.39. The highest BCUT2D eigenvalue weighted by atomic mass is 14.7. The molecule has 0 atom stereocenters. The van der Waals surface area contributed by atoms with Crippen LogP contribution in [0.1, 0.15) is 54.7 Å². The van der Waals surface area contributed by atoms with Crippen LogP contribution < -0.4 is 0 Å². The van der Waals surface area contributed by atoms with Gasteiger partial charge in [-0.05, 0) is 67.8 Å². The number of rotatable bonds is 2. The van der Waals surface area contributed by atoms with Crippen LogP contribution in [0.25, 0.3) is 22.0 Å². The van der Waals surface area contributed by atoms with Crippen molar-refractivity contribution < 1.29 is 0 Å². The van der Waals surface area contributed by atoms with Gasteiger partial charge in [0, 0.05) is 17.1 Å². The highest BCUT2D eigenvalue weighted by Crippen LogP contribution is 2.36. The summed E-state index contributed by atoms with van der Waals surface area (Å²) >= 11 is 0. The summed E-state index contributed by atoms with van der Waals surface area (Å²) in [6.45, 7) is 4.32. The number of hydrogen-bond acceptors (Lipinski definition) is 1. The molecule has 0 aliphatic heterocycles. The summed E-state index contributed by atoms with van der Waals surface area (Å²) in [5, 5.41) is 2.59. The molecule has 0 amide bonds. The first-order chi connectivity index (χ1) is 11.7. The van der Waals surface area contributed by atoms with E-state index in [0.29, 0.717) is 0 Å². The van der Waals surface area contributed by atoms with E-state index in [1.165, 1.54) is 65.1 Å². The lowest BCUT2D eigenvalue weighted by Gasteiger charge is -2.22. The highest BCUT2D eigenvalue weighted by Gasteiger charge is 2.16. The van der Waals surface area contributed by atoms with Crippen molar-refractivity contribution >= 4 is 10.8 Å². The molecule has 1 aliphatic rings. The predicted molar refractivity (Wildman–Crippen MR) is 102 cm³/mol. The van der Waals surface area contributed by atoms with Gasteiger partial charge in [0.15, 0.2) is 0 Å². The third kappa shape index (κ3) is 2.96. The SMILES string of the molecule is Cc1cc(C)cc(-c2nccc3ccc(C4CCCCC4)cc23)c1. The van der Waals surface area contributed by atoms with E-state index >= 15 is 0 Å². The smallest absolute Gasteiger partial charge is 0.0780 e. The summed E-state index contributed by atoms with van der Waals surface area (Å²) in [5.74, 6) is 0.732. The first-order valence-electron chi connectivity index (χ1n) is 9.18. The van der Waals surface area contributed by atoms with Crippen molar-refractivity contribution in [3.8, 4) is 11.3 Å². The highest BCUT2D eigenvalue weighted by molar-refractivity contribution is 5.95. The van der Waals surface area contributed by atoms with Gasteiger partial charge in [-0.3, -0.25) is 4.98 Å². The molecule has 24 heavy (non-hydrogen) atoms. The summed E-state index contributed by atoms with van der Waals surface area (Å²) < 4.78 is 0. The molecule has 0 radical (unpaired) electrons. The van der Waals surface area contributed by atoms with Crippen LogP contribution in [-0.2, 0) is 0 Å². The average molecular weight is 315 g/mol. The van der Waals surface area contributed by atoms with Gasteiger partial charge in [-0.1, -0.05) is 48.6 Å². The van der Waals surface area contributed by atoms with Crippen molar-refractivity contribution in [3.05, 3.63) is 65.4 Å². The van der Waals surface area contributed by atoms with Gasteiger partial charge in [-0.25, -0.2) is 0 Å². The summed E-state index contributed by atoms with van der Waals surface area (Å²) in [6.07, 6.45) is 8.77. The maximum absolute atomic E-state index is 4.75. The first kappa shape index (κ1) is 15.4. The van der Waals surface area contributed by atoms with Crippen molar-refractivity contribution in [2.45, 2.75) is 51.9 Å². The Balaban J connectivity index is 1.85. The third-order valence-electron chi connectivity index (χ3n) is 5.36. The van der Waals surface area contributed by atoms with Gasteiger partial charge in [-0.15, -0.1) is 0 Å². The zero-order chi connectivity index (χ0) is 16.5. The molecule has 122 valence electrons. The number of benzene rings is 2. The van der Waals surface area contributed by atoms with Gasteiger partial charge < -0.3 is 0 Å². The van der Waals surface area contributed by atoms with E-state index in [2.05, 4.69) is 56.3 Å². The number of aryl methyl sites for hydroxylation is 2. The minimum Gasteiger partial charge on any atom is -0.256 e. The molecule has 1 aliphatic carbocycles. The summed E-state index contributed by atoms with van der Waals surface area (Å²) in [6, 6.07) is 15.9. The Morgan fingerprint density at radius 2 is 1.58 bits per heavy atom. The molecule has 3 aromatic rings. The van der Waals surface area contributed by atoms with Crippen molar-refractivity contribution in [2.75, 3.05) is 0 Å². The van der Waals surface area contributed by atoms with E-state index in [0.717, 1.165) is 11.6 Å². The van der Waals surface area contributed by atoms with Crippen molar-refractivity contribution in [3.63, 3.8) is 0 Å². The normalized spacial score (nSPS) is 15.8. The molecular weight excluding hydrogens is 290 g/mol. The molecule has 0 bridgehead atoms. The molecule has 0 unspecified atom stereocenters. The lowest BCUT2D eigenvalue weighted by Crippen LogP contribution is -2.04. The zero-order valence-corrected chi connectivity index (χ0v) is 14.7. The fourth-order valence-corrected chi connectivity index (χ4v) is 4.22. The largest absolute Gasteiger partial charge is 0.256 e. The lowest BCUT2D eigenvalue weighted by molar-refractivity contribution is 0.444. The topological polar surface area (TPSA) is 12.9 Å². The minimum atomic E-state index is 0.732. The van der Waals surface area contributed by atoms with Gasteiger partial charge in [-0.2, -0.15) is 0 Å². The minimum absolute atomic E-state index is 0.732. The van der Waals surface area contributed by atoms with E-state index in [1.54, 1.807) is 0 Å². The van der Waals surface area contributed by atoms with Gasteiger partial charge in [0.1, 0.15) is 0 Å². The maximum Gasteiger partial charge on any atom is 0.0780 e. The molecule has 4 rings (SSSR count). The number of fused-ring (bicyclic) bond motifs is 1. The molecule has 1 nitrogen and oxygen atoms in total. The first-order valence-corrected chi connectivity index (χ1v) is 9.18. The monoisotopic (exact) mass is 315 g/mol. The molecule has 1 fully saturated rings. The fraction of sp³-hybridized carbons (Fsp3) is 0.348. The van der Waals surface area contributed by atoms with Crippen LogP contribution in [0.15, 0.2) is 48.7 Å². The van der Waals surface area contributed by atoms with E-state index in [-0.39, 0.29) is 0 Å². The molecule has 2 aromatic carbocycles. The van der Waals surface area contributed by atoms with Gasteiger partial charge in [0.05, 0.1) is 5.69 Å². The molecular formula is C23H25N. The Bertz CT molecular complexity index is 852. The van der Waals surface area contributed by atoms with Gasteiger partial charge in [0.2, 0.25) is 0 Å². The van der Waals surface area contributed by atoms with Crippen LogP contribution >= 0.6 is 0 Å². The van der Waals surface area contributed by atoms with Crippen molar-refractivity contribution in [1.29, 1.82) is 0 Å². The third-order valence-corrected chi connectivity index (χ3v) is 5.36. The summed E-state index contributed by atoms with van der Waals surface area (Å²) in [5.41, 5.74) is 6.45. The average Bonchev–Trinajstić information content (AvgIpc) is 2.60. The van der Waals surface area contributed by atoms with E-state index < -0.39 is 0 Å². The molecule has 1 aromatic heterocycles. The lowest BCUT2D eigenvalue weighted by atomic mass is 9.83. The Morgan fingerprint density at radius 1 is 0.833 bits per heavy atom. The maximum atomic E-state index is 4.75. The van der Waals surface area contributed by atoms with Crippen LogP contribution in [-0.4, -0.2) is 4.98 Å². The predicted octanol–water partition coefficient (Wildman–Crippen LogP) is 6.57.